The average Bonchev–Trinajstić information content (AvgIpc) is 3.21. The summed E-state index contributed by atoms with van der Waals surface area (Å²) in [7, 11) is 0. The molecule has 0 fully saturated rings. The van der Waals surface area contributed by atoms with Gasteiger partial charge in [0.25, 0.3) is 5.82 Å². The quantitative estimate of drug-likeness (QED) is 0.469. The number of nitrogens with zero attached hydrogens (tertiary/aromatic N) is 7. The Morgan fingerprint density at radius 1 is 0.938 bits per heavy atom. The molecule has 0 saturated carbocycles. The molecule has 0 N–H and O–H groups in total. The van der Waals surface area contributed by atoms with Gasteiger partial charge in [0.2, 0.25) is 0 Å². The van der Waals surface area contributed by atoms with Crippen molar-refractivity contribution in [2.45, 2.75) is 39.9 Å². The molecule has 4 aromatic rings. The largest absolute Gasteiger partial charge is 0.453 e. The third kappa shape index (κ3) is 3.35. The summed E-state index contributed by atoms with van der Waals surface area (Å²) in [6, 6.07) is 6.02. The van der Waals surface area contributed by atoms with Gasteiger partial charge in [-0.25, -0.2) is 0 Å². The number of rotatable bonds is 2. The van der Waals surface area contributed by atoms with E-state index < -0.39 is 12.0 Å². The van der Waals surface area contributed by atoms with Crippen molar-refractivity contribution in [3.8, 4) is 11.1 Å². The van der Waals surface area contributed by atoms with Gasteiger partial charge >= 0.3 is 6.18 Å². The molecular formula is C22H20F3N7. The molecule has 0 unspecified atom stereocenters. The van der Waals surface area contributed by atoms with Crippen molar-refractivity contribution in [3.05, 3.63) is 64.5 Å². The monoisotopic (exact) mass is 439 g/mol. The molecule has 4 aromatic heterocycles. The first-order chi connectivity index (χ1) is 15.2. The number of halogens is 3. The second-order valence-electron chi connectivity index (χ2n) is 8.02. The third-order valence-corrected chi connectivity index (χ3v) is 5.91. The molecule has 1 aliphatic heterocycles. The summed E-state index contributed by atoms with van der Waals surface area (Å²) in [5.74, 6) is -0.626. The molecule has 0 radical (unpaired) electrons. The molecule has 0 amide bonds. The molecule has 1 aliphatic rings. The number of pyridine rings is 2. The molecule has 0 saturated heterocycles. The van der Waals surface area contributed by atoms with E-state index in [0.717, 1.165) is 38.2 Å². The van der Waals surface area contributed by atoms with Gasteiger partial charge in [-0.3, -0.25) is 9.97 Å². The van der Waals surface area contributed by atoms with Crippen LogP contribution in [0.1, 0.15) is 33.9 Å². The van der Waals surface area contributed by atoms with Crippen LogP contribution in [-0.2, 0) is 19.1 Å². The molecule has 5 heterocycles. The summed E-state index contributed by atoms with van der Waals surface area (Å²) in [6.07, 6.45) is -0.310. The van der Waals surface area contributed by atoms with Crippen LogP contribution < -0.4 is 4.90 Å². The molecule has 0 aromatic carbocycles. The lowest BCUT2D eigenvalue weighted by atomic mass is 10.0. The number of aryl methyl sites for hydroxylation is 2. The molecule has 0 atom stereocenters. The molecule has 0 aliphatic carbocycles. The van der Waals surface area contributed by atoms with Gasteiger partial charge < -0.3 is 4.90 Å². The predicted molar refractivity (Wildman–Crippen MR) is 112 cm³/mol. The minimum atomic E-state index is -4.64. The second kappa shape index (κ2) is 7.25. The summed E-state index contributed by atoms with van der Waals surface area (Å²) in [5.41, 5.74) is 6.39. The Hall–Kier alpha value is -3.56. The molecule has 164 valence electrons. The lowest BCUT2D eigenvalue weighted by Gasteiger charge is -2.31. The van der Waals surface area contributed by atoms with Gasteiger partial charge in [0.05, 0.1) is 0 Å². The van der Waals surface area contributed by atoms with Crippen molar-refractivity contribution in [2.75, 3.05) is 11.4 Å². The van der Waals surface area contributed by atoms with Crippen LogP contribution in [0.3, 0.4) is 0 Å². The number of anilines is 1. The fraction of sp³-hybridized carbons (Fsp3) is 0.318. The van der Waals surface area contributed by atoms with E-state index in [0.29, 0.717) is 30.9 Å². The van der Waals surface area contributed by atoms with Gasteiger partial charge in [0, 0.05) is 65.5 Å². The molecule has 0 spiro atoms. The van der Waals surface area contributed by atoms with Gasteiger partial charge in [-0.2, -0.15) is 17.7 Å². The van der Waals surface area contributed by atoms with E-state index >= 15 is 0 Å². The first-order valence-electron chi connectivity index (χ1n) is 10.2. The maximum Gasteiger partial charge on any atom is 0.453 e. The number of fused-ring (bicyclic) bond motifs is 2. The zero-order valence-corrected chi connectivity index (χ0v) is 17.8. The van der Waals surface area contributed by atoms with E-state index in [2.05, 4.69) is 31.3 Å². The Balaban J connectivity index is 1.54. The van der Waals surface area contributed by atoms with Crippen molar-refractivity contribution >= 4 is 11.5 Å². The summed E-state index contributed by atoms with van der Waals surface area (Å²) in [6.45, 7) is 6.63. The lowest BCUT2D eigenvalue weighted by Crippen LogP contribution is -2.33. The summed E-state index contributed by atoms with van der Waals surface area (Å²) in [5, 5.41) is 11.4. The zero-order valence-electron chi connectivity index (χ0n) is 17.8. The van der Waals surface area contributed by atoms with E-state index in [1.165, 1.54) is 0 Å². The van der Waals surface area contributed by atoms with Gasteiger partial charge in [-0.1, -0.05) is 6.07 Å². The van der Waals surface area contributed by atoms with Crippen LogP contribution >= 0.6 is 0 Å². The van der Waals surface area contributed by atoms with E-state index in [-0.39, 0.29) is 5.65 Å². The van der Waals surface area contributed by atoms with Crippen molar-refractivity contribution in [1.82, 2.24) is 29.8 Å². The molecule has 7 nitrogen and oxygen atoms in total. The lowest BCUT2D eigenvalue weighted by molar-refractivity contribution is -0.146. The Labute approximate surface area is 182 Å². The highest BCUT2D eigenvalue weighted by molar-refractivity contribution is 5.64. The minimum absolute atomic E-state index is 0.117. The van der Waals surface area contributed by atoms with Crippen LogP contribution in [0, 0.1) is 20.8 Å². The van der Waals surface area contributed by atoms with E-state index in [1.807, 2.05) is 43.3 Å². The number of hydrogen-bond acceptors (Lipinski definition) is 6. The van der Waals surface area contributed by atoms with Crippen LogP contribution in [0.5, 0.6) is 0 Å². The van der Waals surface area contributed by atoms with Crippen molar-refractivity contribution in [3.63, 3.8) is 0 Å². The normalized spacial score (nSPS) is 14.1. The number of alkyl halides is 3. The average molecular weight is 439 g/mol. The topological polar surface area (TPSA) is 72.1 Å². The van der Waals surface area contributed by atoms with Gasteiger partial charge in [-0.05, 0) is 38.5 Å². The van der Waals surface area contributed by atoms with Crippen molar-refractivity contribution in [1.29, 1.82) is 0 Å². The maximum atomic E-state index is 13.4. The van der Waals surface area contributed by atoms with Crippen LogP contribution in [-0.4, -0.2) is 36.3 Å². The highest BCUT2D eigenvalue weighted by atomic mass is 19.4. The Morgan fingerprint density at radius 3 is 2.44 bits per heavy atom. The van der Waals surface area contributed by atoms with Crippen LogP contribution in [0.25, 0.3) is 16.8 Å². The third-order valence-electron chi connectivity index (χ3n) is 5.91. The van der Waals surface area contributed by atoms with E-state index in [9.17, 15) is 13.2 Å². The Bertz CT molecular complexity index is 1330. The van der Waals surface area contributed by atoms with E-state index in [1.54, 1.807) is 6.92 Å². The Morgan fingerprint density at radius 2 is 1.72 bits per heavy atom. The molecule has 32 heavy (non-hydrogen) atoms. The SMILES string of the molecule is Cc1ccc(-c2cnc3c(c2)CN(c2nn4c(C(F)(F)F)nnc4c(C)c2C)CC3)cn1. The fourth-order valence-electron chi connectivity index (χ4n) is 3.99. The summed E-state index contributed by atoms with van der Waals surface area (Å²) >= 11 is 0. The fourth-order valence-corrected chi connectivity index (χ4v) is 3.99. The zero-order chi connectivity index (χ0) is 22.6. The van der Waals surface area contributed by atoms with Crippen molar-refractivity contribution in [2.24, 2.45) is 0 Å². The summed E-state index contributed by atoms with van der Waals surface area (Å²) < 4.78 is 41.0. The van der Waals surface area contributed by atoms with Crippen LogP contribution in [0.4, 0.5) is 19.0 Å². The second-order valence-corrected chi connectivity index (χ2v) is 8.02. The summed E-state index contributed by atoms with van der Waals surface area (Å²) in [4.78, 5) is 11.0. The number of aromatic nitrogens is 6. The van der Waals surface area contributed by atoms with Crippen LogP contribution in [0.2, 0.25) is 0 Å². The van der Waals surface area contributed by atoms with Gasteiger partial charge in [-0.15, -0.1) is 15.3 Å². The predicted octanol–water partition coefficient (Wildman–Crippen LogP) is 4.09. The maximum absolute atomic E-state index is 13.4. The number of hydrogen-bond donors (Lipinski definition) is 0. The first-order valence-corrected chi connectivity index (χ1v) is 10.2. The molecule has 0 bridgehead atoms. The molecule has 5 rings (SSSR count). The smallest absolute Gasteiger partial charge is 0.350 e. The first kappa shape index (κ1) is 20.3. The highest BCUT2D eigenvalue weighted by Gasteiger charge is 2.38. The minimum Gasteiger partial charge on any atom is -0.350 e. The van der Waals surface area contributed by atoms with E-state index in [4.69, 9.17) is 0 Å². The standard InChI is InChI=1S/C22H20F3N7/c1-12-4-5-15(9-26-12)16-8-17-11-31(7-6-18(17)27-10-16)20-14(3)13(2)19-28-29-21(22(23,24)25)32(19)30-20/h4-5,8-10H,6-7,11H2,1-3H3. The molecule has 10 heteroatoms. The highest BCUT2D eigenvalue weighted by Crippen LogP contribution is 2.32. The van der Waals surface area contributed by atoms with Gasteiger partial charge in [0.15, 0.2) is 11.5 Å². The van der Waals surface area contributed by atoms with Crippen molar-refractivity contribution < 1.29 is 13.2 Å². The van der Waals surface area contributed by atoms with Crippen LogP contribution in [0.15, 0.2) is 30.6 Å². The van der Waals surface area contributed by atoms with Gasteiger partial charge in [0.1, 0.15) is 0 Å². The molecular weight excluding hydrogens is 419 g/mol. The Kier molecular flexibility index (Phi) is 4.61.